The van der Waals surface area contributed by atoms with E-state index in [1.54, 1.807) is 36.5 Å². The first-order chi connectivity index (χ1) is 12.8. The lowest BCUT2D eigenvalue weighted by Gasteiger charge is -2.13. The predicted octanol–water partition coefficient (Wildman–Crippen LogP) is 3.22. The third-order valence-corrected chi connectivity index (χ3v) is 5.11. The monoisotopic (exact) mass is 384 g/mol. The average Bonchev–Trinajstić information content (AvgIpc) is 2.66. The number of sulfone groups is 1. The fraction of sp³-hybridized carbons (Fsp3) is 0.100. The number of pyridine rings is 1. The van der Waals surface area contributed by atoms with E-state index < -0.39 is 15.7 Å². The topological polar surface area (TPSA) is 76.1 Å². The summed E-state index contributed by atoms with van der Waals surface area (Å²) in [4.78, 5) is 16.3. The Kier molecular flexibility index (Phi) is 5.32. The highest BCUT2D eigenvalue weighted by Crippen LogP contribution is 2.27. The van der Waals surface area contributed by atoms with Gasteiger partial charge in [0.2, 0.25) is 0 Å². The number of rotatable bonds is 5. The molecule has 0 fully saturated rings. The van der Waals surface area contributed by atoms with Gasteiger partial charge in [0.1, 0.15) is 5.82 Å². The Hall–Kier alpha value is -3.06. The normalized spacial score (nSPS) is 11.2. The quantitative estimate of drug-likeness (QED) is 0.733. The molecule has 1 aromatic heterocycles. The number of carbonyl (C=O) groups excluding carboxylic acids is 1. The van der Waals surface area contributed by atoms with Crippen LogP contribution in [0.15, 0.2) is 71.9 Å². The van der Waals surface area contributed by atoms with Gasteiger partial charge >= 0.3 is 0 Å². The molecule has 0 spiro atoms. The molecule has 1 N–H and O–H groups in total. The number of hydrogen-bond donors (Lipinski definition) is 1. The predicted molar refractivity (Wildman–Crippen MR) is 100 cm³/mol. The average molecular weight is 384 g/mol. The second kappa shape index (κ2) is 7.67. The number of amides is 1. The van der Waals surface area contributed by atoms with Gasteiger partial charge in [-0.1, -0.05) is 18.2 Å². The van der Waals surface area contributed by atoms with Gasteiger partial charge in [0.25, 0.3) is 5.91 Å². The summed E-state index contributed by atoms with van der Waals surface area (Å²) in [7, 11) is -3.42. The van der Waals surface area contributed by atoms with Gasteiger partial charge in [-0.05, 0) is 53.1 Å². The molecule has 7 heteroatoms. The van der Waals surface area contributed by atoms with Crippen LogP contribution in [-0.4, -0.2) is 25.6 Å². The lowest BCUT2D eigenvalue weighted by Crippen LogP contribution is -2.23. The van der Waals surface area contributed by atoms with Crippen LogP contribution in [0.4, 0.5) is 4.39 Å². The van der Waals surface area contributed by atoms with Gasteiger partial charge in [-0.15, -0.1) is 0 Å². The van der Waals surface area contributed by atoms with Crippen molar-refractivity contribution in [3.8, 4) is 11.1 Å². The Morgan fingerprint density at radius 3 is 2.59 bits per heavy atom. The summed E-state index contributed by atoms with van der Waals surface area (Å²) in [5.41, 5.74) is 2.21. The minimum Gasteiger partial charge on any atom is -0.348 e. The highest BCUT2D eigenvalue weighted by molar-refractivity contribution is 7.90. The number of hydrogen-bond acceptors (Lipinski definition) is 4. The third kappa shape index (κ3) is 4.57. The first kappa shape index (κ1) is 18.7. The summed E-state index contributed by atoms with van der Waals surface area (Å²) in [6, 6.07) is 13.9. The molecule has 0 unspecified atom stereocenters. The van der Waals surface area contributed by atoms with Crippen molar-refractivity contribution >= 4 is 15.7 Å². The van der Waals surface area contributed by atoms with Crippen LogP contribution in [0.2, 0.25) is 0 Å². The second-order valence-corrected chi connectivity index (χ2v) is 8.04. The zero-order chi connectivity index (χ0) is 19.4. The van der Waals surface area contributed by atoms with Crippen LogP contribution < -0.4 is 5.32 Å². The van der Waals surface area contributed by atoms with Gasteiger partial charge < -0.3 is 5.32 Å². The van der Waals surface area contributed by atoms with Crippen molar-refractivity contribution in [2.24, 2.45) is 0 Å². The van der Waals surface area contributed by atoms with E-state index in [-0.39, 0.29) is 17.3 Å². The van der Waals surface area contributed by atoms with Crippen molar-refractivity contribution in [2.75, 3.05) is 6.26 Å². The lowest BCUT2D eigenvalue weighted by molar-refractivity contribution is 0.0950. The molecule has 138 valence electrons. The lowest BCUT2D eigenvalue weighted by atomic mass is 9.99. The fourth-order valence-electron chi connectivity index (χ4n) is 2.66. The van der Waals surface area contributed by atoms with Crippen molar-refractivity contribution in [3.05, 3.63) is 83.9 Å². The van der Waals surface area contributed by atoms with Crippen molar-refractivity contribution in [2.45, 2.75) is 11.4 Å². The molecule has 0 saturated carbocycles. The zero-order valence-corrected chi connectivity index (χ0v) is 15.3. The van der Waals surface area contributed by atoms with E-state index in [0.717, 1.165) is 6.26 Å². The van der Waals surface area contributed by atoms with Crippen molar-refractivity contribution in [1.29, 1.82) is 0 Å². The molecule has 5 nitrogen and oxygen atoms in total. The van der Waals surface area contributed by atoms with Gasteiger partial charge in [-0.2, -0.15) is 0 Å². The van der Waals surface area contributed by atoms with Crippen molar-refractivity contribution in [3.63, 3.8) is 0 Å². The maximum atomic E-state index is 13.6. The molecule has 0 aliphatic heterocycles. The molecule has 1 heterocycles. The van der Waals surface area contributed by atoms with E-state index in [4.69, 9.17) is 0 Å². The largest absolute Gasteiger partial charge is 0.348 e. The summed E-state index contributed by atoms with van der Waals surface area (Å²) in [5.74, 6) is -0.733. The molecule has 3 rings (SSSR count). The van der Waals surface area contributed by atoms with Gasteiger partial charge in [0.15, 0.2) is 9.84 Å². The summed E-state index contributed by atoms with van der Waals surface area (Å²) in [5, 5.41) is 2.75. The highest BCUT2D eigenvalue weighted by Gasteiger charge is 2.14. The van der Waals surface area contributed by atoms with E-state index in [1.165, 1.54) is 30.5 Å². The molecule has 0 radical (unpaired) electrons. The van der Waals surface area contributed by atoms with E-state index in [1.807, 2.05) is 0 Å². The molecule has 2 aromatic carbocycles. The number of benzene rings is 2. The molecular formula is C20H17FN2O3S. The number of aromatic nitrogens is 1. The number of carbonyl (C=O) groups is 1. The van der Waals surface area contributed by atoms with Crippen LogP contribution in [0.5, 0.6) is 0 Å². The van der Waals surface area contributed by atoms with Crippen LogP contribution in [-0.2, 0) is 16.4 Å². The Bertz CT molecular complexity index is 1080. The summed E-state index contributed by atoms with van der Waals surface area (Å²) in [6.45, 7) is 0.0862. The standard InChI is InChI=1S/C20H17FN2O3S/c1-27(25,26)18-7-8-19(14-4-2-6-17(21)10-14)16(11-18)13-23-20(24)15-5-3-9-22-12-15/h2-12H,13H2,1H3,(H,23,24). The molecule has 27 heavy (non-hydrogen) atoms. The highest BCUT2D eigenvalue weighted by atomic mass is 32.2. The van der Waals surface area contributed by atoms with Gasteiger partial charge in [-0.25, -0.2) is 12.8 Å². The summed E-state index contributed by atoms with van der Waals surface area (Å²) >= 11 is 0. The zero-order valence-electron chi connectivity index (χ0n) is 14.5. The SMILES string of the molecule is CS(=O)(=O)c1ccc(-c2cccc(F)c2)c(CNC(=O)c2cccnc2)c1. The Labute approximate surface area is 156 Å². The number of nitrogens with one attached hydrogen (secondary N) is 1. The first-order valence-corrected chi connectivity index (χ1v) is 10.0. The minimum atomic E-state index is -3.42. The third-order valence-electron chi connectivity index (χ3n) is 4.00. The smallest absolute Gasteiger partial charge is 0.253 e. The Morgan fingerprint density at radius 2 is 1.93 bits per heavy atom. The van der Waals surface area contributed by atoms with Crippen LogP contribution in [0.1, 0.15) is 15.9 Å². The maximum absolute atomic E-state index is 13.6. The molecule has 0 atom stereocenters. The van der Waals surface area contributed by atoms with E-state index in [2.05, 4.69) is 10.3 Å². The van der Waals surface area contributed by atoms with Crippen LogP contribution in [0.25, 0.3) is 11.1 Å². The van der Waals surface area contributed by atoms with E-state index in [0.29, 0.717) is 22.3 Å². The van der Waals surface area contributed by atoms with Crippen molar-refractivity contribution < 1.29 is 17.6 Å². The number of halogens is 1. The molecule has 0 aliphatic carbocycles. The van der Waals surface area contributed by atoms with E-state index in [9.17, 15) is 17.6 Å². The van der Waals surface area contributed by atoms with Gasteiger partial charge in [-0.3, -0.25) is 9.78 Å². The molecule has 0 aliphatic rings. The summed E-state index contributed by atoms with van der Waals surface area (Å²) < 4.78 is 37.4. The van der Waals surface area contributed by atoms with Crippen LogP contribution in [0.3, 0.4) is 0 Å². The van der Waals surface area contributed by atoms with Crippen LogP contribution in [0, 0.1) is 5.82 Å². The van der Waals surface area contributed by atoms with Crippen LogP contribution >= 0.6 is 0 Å². The molecule has 1 amide bonds. The van der Waals surface area contributed by atoms with Gasteiger partial charge in [0, 0.05) is 25.2 Å². The fourth-order valence-corrected chi connectivity index (χ4v) is 3.33. The molecule has 0 bridgehead atoms. The molecular weight excluding hydrogens is 367 g/mol. The summed E-state index contributed by atoms with van der Waals surface area (Å²) in [6.07, 6.45) is 4.12. The second-order valence-electron chi connectivity index (χ2n) is 6.03. The number of nitrogens with zero attached hydrogens (tertiary/aromatic N) is 1. The Morgan fingerprint density at radius 1 is 1.11 bits per heavy atom. The van der Waals surface area contributed by atoms with Gasteiger partial charge in [0.05, 0.1) is 10.5 Å². The van der Waals surface area contributed by atoms with Crippen molar-refractivity contribution in [1.82, 2.24) is 10.3 Å². The first-order valence-electron chi connectivity index (χ1n) is 8.12. The molecule has 0 saturated heterocycles. The molecule has 3 aromatic rings. The van der Waals surface area contributed by atoms with E-state index >= 15 is 0 Å². The maximum Gasteiger partial charge on any atom is 0.253 e. The Balaban J connectivity index is 1.96. The minimum absolute atomic E-state index is 0.0862.